The van der Waals surface area contributed by atoms with Gasteiger partial charge in [-0.15, -0.1) is 0 Å². The van der Waals surface area contributed by atoms with Crippen LogP contribution in [-0.4, -0.2) is 11.1 Å². The number of carbonyl (C=O) groups is 1. The fourth-order valence-electron chi connectivity index (χ4n) is 1.52. The zero-order chi connectivity index (χ0) is 14.4. The van der Waals surface area contributed by atoms with Crippen molar-refractivity contribution < 1.29 is 9.53 Å². The van der Waals surface area contributed by atoms with Crippen LogP contribution < -0.4 is 5.32 Å². The Morgan fingerprint density at radius 2 is 2.10 bits per heavy atom. The van der Waals surface area contributed by atoms with Gasteiger partial charge < -0.3 is 4.74 Å². The molecule has 1 aromatic carbocycles. The summed E-state index contributed by atoms with van der Waals surface area (Å²) in [5.74, 6) is 0. The Bertz CT molecular complexity index is 653. The highest BCUT2D eigenvalue weighted by atomic mass is 79.9. The second-order valence-electron chi connectivity index (χ2n) is 3.82. The van der Waals surface area contributed by atoms with Crippen molar-refractivity contribution >= 4 is 27.7 Å². The molecule has 0 saturated carbocycles. The summed E-state index contributed by atoms with van der Waals surface area (Å²) in [5.41, 5.74) is 1.50. The van der Waals surface area contributed by atoms with Crippen molar-refractivity contribution in [3.05, 3.63) is 58.3 Å². The van der Waals surface area contributed by atoms with E-state index in [2.05, 4.69) is 26.2 Å². The highest BCUT2D eigenvalue weighted by Gasteiger charge is 2.11. The van der Waals surface area contributed by atoms with E-state index in [1.165, 1.54) is 12.3 Å². The molecule has 1 aromatic heterocycles. The van der Waals surface area contributed by atoms with Crippen LogP contribution in [0.15, 0.2) is 47.2 Å². The number of ether oxygens (including phenoxy) is 1. The van der Waals surface area contributed by atoms with Crippen molar-refractivity contribution in [3.63, 3.8) is 0 Å². The minimum Gasteiger partial charge on any atom is -0.444 e. The van der Waals surface area contributed by atoms with Crippen molar-refractivity contribution in [2.24, 2.45) is 0 Å². The number of pyridine rings is 1. The van der Waals surface area contributed by atoms with E-state index in [-0.39, 0.29) is 12.2 Å². The summed E-state index contributed by atoms with van der Waals surface area (Å²) in [5, 5.41) is 11.5. The topological polar surface area (TPSA) is 75.0 Å². The van der Waals surface area contributed by atoms with Crippen LogP contribution in [0.25, 0.3) is 0 Å². The molecule has 2 rings (SSSR count). The summed E-state index contributed by atoms with van der Waals surface area (Å²) in [7, 11) is 0. The van der Waals surface area contributed by atoms with Gasteiger partial charge in [-0.3, -0.25) is 5.32 Å². The van der Waals surface area contributed by atoms with Crippen LogP contribution in [0.3, 0.4) is 0 Å². The number of halogens is 1. The van der Waals surface area contributed by atoms with Crippen molar-refractivity contribution in [2.75, 3.05) is 5.32 Å². The van der Waals surface area contributed by atoms with Crippen LogP contribution in [0.4, 0.5) is 10.5 Å². The van der Waals surface area contributed by atoms with Crippen LogP contribution in [0, 0.1) is 11.3 Å². The summed E-state index contributed by atoms with van der Waals surface area (Å²) in [6.45, 7) is 0.167. The molecule has 0 aliphatic carbocycles. The minimum absolute atomic E-state index is 0.167. The SMILES string of the molecule is N#Cc1c(NC(=O)OCc2ccccc2)ccnc1Br. The maximum atomic E-state index is 11.7. The van der Waals surface area contributed by atoms with E-state index >= 15 is 0 Å². The van der Waals surface area contributed by atoms with E-state index in [9.17, 15) is 4.79 Å². The Morgan fingerprint density at radius 1 is 1.35 bits per heavy atom. The fraction of sp³-hybridized carbons (Fsp3) is 0.0714. The molecule has 0 bridgehead atoms. The van der Waals surface area contributed by atoms with E-state index in [0.29, 0.717) is 10.3 Å². The van der Waals surface area contributed by atoms with Crippen molar-refractivity contribution in [1.82, 2.24) is 4.98 Å². The molecule has 0 spiro atoms. The first-order valence-electron chi connectivity index (χ1n) is 5.73. The standard InChI is InChI=1S/C14H10BrN3O2/c15-13-11(8-16)12(6-7-17-13)18-14(19)20-9-10-4-2-1-3-5-10/h1-7H,9H2,(H,17,18,19). The summed E-state index contributed by atoms with van der Waals surface area (Å²) in [6.07, 6.45) is 0.862. The van der Waals surface area contributed by atoms with Gasteiger partial charge in [0.1, 0.15) is 22.8 Å². The Hall–Kier alpha value is -2.39. The number of carbonyl (C=O) groups excluding carboxylic acids is 1. The molecule has 1 N–H and O–H groups in total. The Kier molecular flexibility index (Phi) is 4.69. The van der Waals surface area contributed by atoms with E-state index in [1.807, 2.05) is 36.4 Å². The number of anilines is 1. The minimum atomic E-state index is -0.622. The van der Waals surface area contributed by atoms with Gasteiger partial charge in [0.05, 0.1) is 5.69 Å². The monoisotopic (exact) mass is 331 g/mol. The van der Waals surface area contributed by atoms with Gasteiger partial charge in [-0.1, -0.05) is 30.3 Å². The van der Waals surface area contributed by atoms with Gasteiger partial charge in [0, 0.05) is 6.20 Å². The normalized spacial score (nSPS) is 9.60. The quantitative estimate of drug-likeness (QED) is 0.874. The number of benzene rings is 1. The molecule has 100 valence electrons. The molecule has 0 aliphatic rings. The Labute approximate surface area is 124 Å². The van der Waals surface area contributed by atoms with Gasteiger partial charge in [0.15, 0.2) is 0 Å². The lowest BCUT2D eigenvalue weighted by molar-refractivity contribution is 0.155. The maximum absolute atomic E-state index is 11.7. The molecule has 1 heterocycles. The molecule has 1 amide bonds. The zero-order valence-electron chi connectivity index (χ0n) is 10.3. The molecular formula is C14H10BrN3O2. The molecule has 0 fully saturated rings. The predicted molar refractivity (Wildman–Crippen MR) is 76.9 cm³/mol. The first-order valence-corrected chi connectivity index (χ1v) is 6.52. The molecular weight excluding hydrogens is 322 g/mol. The summed E-state index contributed by atoms with van der Waals surface area (Å²) < 4.78 is 5.45. The first kappa shape index (κ1) is 14.0. The van der Waals surface area contributed by atoms with Gasteiger partial charge in [-0.2, -0.15) is 5.26 Å². The molecule has 20 heavy (non-hydrogen) atoms. The third-order valence-corrected chi connectivity index (χ3v) is 3.07. The average molecular weight is 332 g/mol. The number of aromatic nitrogens is 1. The van der Waals surface area contributed by atoms with Crippen molar-refractivity contribution in [2.45, 2.75) is 6.61 Å². The Balaban J connectivity index is 1.99. The molecule has 0 atom stereocenters. The maximum Gasteiger partial charge on any atom is 0.411 e. The van der Waals surface area contributed by atoms with Crippen LogP contribution in [-0.2, 0) is 11.3 Å². The third-order valence-electron chi connectivity index (χ3n) is 2.47. The predicted octanol–water partition coefficient (Wildman–Crippen LogP) is 3.46. The van der Waals surface area contributed by atoms with E-state index in [1.54, 1.807) is 0 Å². The average Bonchev–Trinajstić information content (AvgIpc) is 2.46. The van der Waals surface area contributed by atoms with Crippen LogP contribution in [0.1, 0.15) is 11.1 Å². The molecule has 2 aromatic rings. The van der Waals surface area contributed by atoms with E-state index in [4.69, 9.17) is 10.00 Å². The lowest BCUT2D eigenvalue weighted by Gasteiger charge is -2.08. The van der Waals surface area contributed by atoms with Crippen molar-refractivity contribution in [3.8, 4) is 6.07 Å². The van der Waals surface area contributed by atoms with Gasteiger partial charge in [-0.05, 0) is 27.6 Å². The van der Waals surface area contributed by atoms with Gasteiger partial charge in [0.25, 0.3) is 0 Å². The lowest BCUT2D eigenvalue weighted by atomic mass is 10.2. The molecule has 0 radical (unpaired) electrons. The molecule has 0 unspecified atom stereocenters. The zero-order valence-corrected chi connectivity index (χ0v) is 11.9. The highest BCUT2D eigenvalue weighted by Crippen LogP contribution is 2.21. The summed E-state index contributed by atoms with van der Waals surface area (Å²) in [6, 6.07) is 12.8. The second kappa shape index (κ2) is 6.68. The lowest BCUT2D eigenvalue weighted by Crippen LogP contribution is -2.14. The van der Waals surface area contributed by atoms with Gasteiger partial charge in [-0.25, -0.2) is 9.78 Å². The molecule has 0 saturated heterocycles. The molecule has 6 heteroatoms. The number of nitriles is 1. The third kappa shape index (κ3) is 3.56. The van der Waals surface area contributed by atoms with Crippen LogP contribution in [0.2, 0.25) is 0 Å². The van der Waals surface area contributed by atoms with Crippen LogP contribution >= 0.6 is 15.9 Å². The van der Waals surface area contributed by atoms with Gasteiger partial charge in [0.2, 0.25) is 0 Å². The van der Waals surface area contributed by atoms with E-state index in [0.717, 1.165) is 5.56 Å². The highest BCUT2D eigenvalue weighted by molar-refractivity contribution is 9.10. The molecule has 0 aliphatic heterocycles. The number of amides is 1. The number of nitrogens with one attached hydrogen (secondary N) is 1. The number of hydrogen-bond acceptors (Lipinski definition) is 4. The van der Waals surface area contributed by atoms with Crippen molar-refractivity contribution in [1.29, 1.82) is 5.26 Å². The fourth-order valence-corrected chi connectivity index (χ4v) is 1.94. The molecule has 5 nitrogen and oxygen atoms in total. The number of hydrogen-bond donors (Lipinski definition) is 1. The summed E-state index contributed by atoms with van der Waals surface area (Å²) >= 11 is 3.15. The number of nitrogens with zero attached hydrogens (tertiary/aromatic N) is 2. The van der Waals surface area contributed by atoms with Gasteiger partial charge >= 0.3 is 6.09 Å². The largest absolute Gasteiger partial charge is 0.444 e. The smallest absolute Gasteiger partial charge is 0.411 e. The van der Waals surface area contributed by atoms with Crippen LogP contribution in [0.5, 0.6) is 0 Å². The number of rotatable bonds is 3. The summed E-state index contributed by atoms with van der Waals surface area (Å²) in [4.78, 5) is 15.6. The second-order valence-corrected chi connectivity index (χ2v) is 4.57. The Morgan fingerprint density at radius 3 is 2.80 bits per heavy atom. The first-order chi connectivity index (χ1) is 9.70. The van der Waals surface area contributed by atoms with E-state index < -0.39 is 6.09 Å².